The molecule has 2 heterocycles. The van der Waals surface area contributed by atoms with Crippen molar-refractivity contribution in [3.05, 3.63) is 62.0 Å². The molecule has 1 aliphatic heterocycles. The van der Waals surface area contributed by atoms with Crippen LogP contribution >= 0.6 is 11.6 Å². The molecule has 1 aromatic carbocycles. The first-order valence-electron chi connectivity index (χ1n) is 12.0. The molecule has 0 radical (unpaired) electrons. The number of carbonyl (C=O) groups excluding carboxylic acids is 2. The second-order valence-corrected chi connectivity index (χ2v) is 9.57. The van der Waals surface area contributed by atoms with Crippen LogP contribution < -0.4 is 10.9 Å². The highest BCUT2D eigenvalue weighted by atomic mass is 35.5. The van der Waals surface area contributed by atoms with Gasteiger partial charge in [0.1, 0.15) is 0 Å². The number of hydrogen-bond acceptors (Lipinski definition) is 4. The largest absolute Gasteiger partial charge is 0.342 e. The average molecular weight is 483 g/mol. The summed E-state index contributed by atoms with van der Waals surface area (Å²) in [6.45, 7) is 5.70. The Morgan fingerprint density at radius 1 is 1.18 bits per heavy atom. The van der Waals surface area contributed by atoms with Crippen LogP contribution in [0.4, 0.5) is 5.69 Å². The Morgan fingerprint density at radius 3 is 2.53 bits per heavy atom. The summed E-state index contributed by atoms with van der Waals surface area (Å²) >= 11 is 6.37. The fraction of sp³-hybridized carbons (Fsp3) is 0.462. The standard InChI is InChI=1S/C26H31ClN4O3/c1-3-31-24(32)14-21(16-28-31)25(33)29-23-15-22(27)13-20(17(23)2)12-18-8-10-30(11-9-18)26(34)19-6-4-5-7-19/h12-16,19H,3-11H2,1-2H3,(H,29,33). The van der Waals surface area contributed by atoms with E-state index in [-0.39, 0.29) is 17.0 Å². The number of piperidine rings is 1. The first-order valence-corrected chi connectivity index (χ1v) is 12.4. The molecule has 34 heavy (non-hydrogen) atoms. The minimum Gasteiger partial charge on any atom is -0.342 e. The van der Waals surface area contributed by atoms with E-state index in [1.54, 1.807) is 6.07 Å². The van der Waals surface area contributed by atoms with E-state index in [0.717, 1.165) is 49.9 Å². The van der Waals surface area contributed by atoms with E-state index >= 15 is 0 Å². The molecule has 0 unspecified atom stereocenters. The van der Waals surface area contributed by atoms with Crippen LogP contribution in [0.2, 0.25) is 5.02 Å². The zero-order valence-corrected chi connectivity index (χ0v) is 20.5. The van der Waals surface area contributed by atoms with Gasteiger partial charge in [-0.15, -0.1) is 0 Å². The highest BCUT2D eigenvalue weighted by Gasteiger charge is 2.28. The molecule has 0 spiro atoms. The van der Waals surface area contributed by atoms with Crippen LogP contribution in [0.3, 0.4) is 0 Å². The average Bonchev–Trinajstić information content (AvgIpc) is 3.37. The van der Waals surface area contributed by atoms with Crippen molar-refractivity contribution < 1.29 is 9.59 Å². The van der Waals surface area contributed by atoms with Crippen molar-refractivity contribution in [2.75, 3.05) is 18.4 Å². The number of likely N-dealkylation sites (tertiary alicyclic amines) is 1. The number of hydrogen-bond donors (Lipinski definition) is 1. The zero-order valence-electron chi connectivity index (χ0n) is 19.8. The van der Waals surface area contributed by atoms with E-state index in [2.05, 4.69) is 16.5 Å². The molecule has 4 rings (SSSR count). The molecule has 7 nitrogen and oxygen atoms in total. The number of rotatable bonds is 5. The first-order chi connectivity index (χ1) is 16.4. The fourth-order valence-corrected chi connectivity index (χ4v) is 5.01. The van der Waals surface area contributed by atoms with Gasteiger partial charge in [-0.2, -0.15) is 5.10 Å². The maximum absolute atomic E-state index is 12.7. The SMILES string of the molecule is CCn1ncc(C(=O)Nc2cc(Cl)cc(C=C3CCN(C(=O)C4CCCC4)CC3)c2C)cc1=O. The van der Waals surface area contributed by atoms with Gasteiger partial charge < -0.3 is 10.2 Å². The van der Waals surface area contributed by atoms with Crippen molar-refractivity contribution in [2.24, 2.45) is 5.92 Å². The van der Waals surface area contributed by atoms with Gasteiger partial charge in [-0.25, -0.2) is 4.68 Å². The quantitative estimate of drug-likeness (QED) is 0.671. The normalized spacial score (nSPS) is 16.6. The molecule has 0 atom stereocenters. The number of benzene rings is 1. The number of nitrogens with one attached hydrogen (secondary N) is 1. The van der Waals surface area contributed by atoms with Crippen LogP contribution in [0.15, 0.2) is 34.8 Å². The monoisotopic (exact) mass is 482 g/mol. The molecule has 1 aromatic heterocycles. The predicted octanol–water partition coefficient (Wildman–Crippen LogP) is 4.67. The maximum atomic E-state index is 12.7. The van der Waals surface area contributed by atoms with E-state index in [0.29, 0.717) is 23.2 Å². The highest BCUT2D eigenvalue weighted by Crippen LogP contribution is 2.31. The molecule has 1 N–H and O–H groups in total. The molecular formula is C26H31ClN4O3. The second-order valence-electron chi connectivity index (χ2n) is 9.13. The fourth-order valence-electron chi connectivity index (χ4n) is 4.78. The molecule has 2 aromatic rings. The second kappa shape index (κ2) is 10.6. The van der Waals surface area contributed by atoms with Crippen molar-refractivity contribution >= 4 is 35.2 Å². The molecular weight excluding hydrogens is 452 g/mol. The van der Waals surface area contributed by atoms with Crippen LogP contribution in [0.1, 0.15) is 66.9 Å². The summed E-state index contributed by atoms with van der Waals surface area (Å²) in [5.41, 5.74) is 3.58. The van der Waals surface area contributed by atoms with Crippen molar-refractivity contribution in [3.63, 3.8) is 0 Å². The zero-order chi connectivity index (χ0) is 24.2. The van der Waals surface area contributed by atoms with Crippen LogP contribution in [0.25, 0.3) is 6.08 Å². The topological polar surface area (TPSA) is 84.3 Å². The summed E-state index contributed by atoms with van der Waals surface area (Å²) in [4.78, 5) is 39.5. The number of anilines is 1. The Labute approximate surface area is 204 Å². The van der Waals surface area contributed by atoms with Crippen LogP contribution in [0.5, 0.6) is 0 Å². The van der Waals surface area contributed by atoms with Crippen molar-refractivity contribution in [2.45, 2.75) is 58.9 Å². The lowest BCUT2D eigenvalue weighted by atomic mass is 9.96. The summed E-state index contributed by atoms with van der Waals surface area (Å²) in [7, 11) is 0. The summed E-state index contributed by atoms with van der Waals surface area (Å²) < 4.78 is 1.29. The summed E-state index contributed by atoms with van der Waals surface area (Å²) in [6.07, 6.45) is 9.59. The number of aryl methyl sites for hydroxylation is 1. The molecule has 2 fully saturated rings. The van der Waals surface area contributed by atoms with E-state index in [1.165, 1.54) is 35.4 Å². The van der Waals surface area contributed by atoms with Gasteiger partial charge in [-0.05, 0) is 62.8 Å². The van der Waals surface area contributed by atoms with E-state index in [9.17, 15) is 14.4 Å². The molecule has 2 aliphatic rings. The maximum Gasteiger partial charge on any atom is 0.267 e. The van der Waals surface area contributed by atoms with E-state index in [1.807, 2.05) is 24.8 Å². The van der Waals surface area contributed by atoms with Crippen molar-refractivity contribution in [3.8, 4) is 0 Å². The third-order valence-electron chi connectivity index (χ3n) is 6.87. The van der Waals surface area contributed by atoms with Crippen LogP contribution in [-0.4, -0.2) is 39.6 Å². The Kier molecular flexibility index (Phi) is 7.51. The molecule has 8 heteroatoms. The summed E-state index contributed by atoms with van der Waals surface area (Å²) in [5, 5.41) is 7.40. The first kappa shape index (κ1) is 24.2. The number of carbonyl (C=O) groups is 2. The minimum atomic E-state index is -0.407. The van der Waals surface area contributed by atoms with Gasteiger partial charge >= 0.3 is 0 Å². The molecule has 1 aliphatic carbocycles. The van der Waals surface area contributed by atoms with Crippen molar-refractivity contribution in [1.82, 2.24) is 14.7 Å². The van der Waals surface area contributed by atoms with Gasteiger partial charge in [0.15, 0.2) is 0 Å². The summed E-state index contributed by atoms with van der Waals surface area (Å²) in [6, 6.07) is 4.88. The lowest BCUT2D eigenvalue weighted by molar-refractivity contribution is -0.135. The van der Waals surface area contributed by atoms with Gasteiger partial charge in [-0.3, -0.25) is 14.4 Å². The number of aromatic nitrogens is 2. The van der Waals surface area contributed by atoms with Crippen LogP contribution in [0, 0.1) is 12.8 Å². The highest BCUT2D eigenvalue weighted by molar-refractivity contribution is 6.31. The van der Waals surface area contributed by atoms with E-state index in [4.69, 9.17) is 11.6 Å². The molecule has 0 bridgehead atoms. The Morgan fingerprint density at radius 2 is 1.88 bits per heavy atom. The van der Waals surface area contributed by atoms with Crippen LogP contribution in [-0.2, 0) is 11.3 Å². The molecule has 180 valence electrons. The number of halogens is 1. The predicted molar refractivity (Wildman–Crippen MR) is 134 cm³/mol. The van der Waals surface area contributed by atoms with Gasteiger partial charge in [0, 0.05) is 42.3 Å². The minimum absolute atomic E-state index is 0.202. The van der Waals surface area contributed by atoms with Gasteiger partial charge in [-0.1, -0.05) is 36.1 Å². The number of nitrogens with zero attached hydrogens (tertiary/aromatic N) is 3. The molecule has 2 amide bonds. The van der Waals surface area contributed by atoms with Crippen molar-refractivity contribution in [1.29, 1.82) is 0 Å². The summed E-state index contributed by atoms with van der Waals surface area (Å²) in [5.74, 6) is 0.133. The van der Waals surface area contributed by atoms with Gasteiger partial charge in [0.25, 0.3) is 11.5 Å². The lowest BCUT2D eigenvalue weighted by Gasteiger charge is -2.30. The molecule has 1 saturated carbocycles. The number of amides is 2. The Hall–Kier alpha value is -2.93. The lowest BCUT2D eigenvalue weighted by Crippen LogP contribution is -2.39. The third-order valence-corrected chi connectivity index (χ3v) is 7.09. The Balaban J connectivity index is 1.46. The smallest absolute Gasteiger partial charge is 0.267 e. The van der Waals surface area contributed by atoms with E-state index < -0.39 is 5.91 Å². The third kappa shape index (κ3) is 5.41. The Bertz CT molecular complexity index is 1170. The van der Waals surface area contributed by atoms with Gasteiger partial charge in [0.05, 0.1) is 11.8 Å². The molecule has 1 saturated heterocycles. The van der Waals surface area contributed by atoms with Gasteiger partial charge in [0.2, 0.25) is 5.91 Å².